The number of methoxy groups -OCH3 is 1. The molecule has 0 fully saturated rings. The van der Waals surface area contributed by atoms with Gasteiger partial charge in [-0.25, -0.2) is 4.98 Å². The average molecular weight is 679 g/mol. The van der Waals surface area contributed by atoms with Gasteiger partial charge in [-0.1, -0.05) is 102 Å². The third kappa shape index (κ3) is 11.5. The van der Waals surface area contributed by atoms with Crippen LogP contribution >= 0.6 is 17.0 Å². The Bertz CT molecular complexity index is 1420. The number of hydrogen-bond donors (Lipinski definition) is 0. The summed E-state index contributed by atoms with van der Waals surface area (Å²) in [5.74, 6) is 2.44. The number of halogens is 1. The minimum absolute atomic E-state index is 0. The molecular weight excluding hydrogens is 626 g/mol. The number of anilines is 1. The largest absolute Gasteiger partial charge is 0.493 e. The highest BCUT2D eigenvalue weighted by atomic mass is 79.9. The minimum atomic E-state index is -0.0109. The number of benzene rings is 2. The maximum atomic E-state index is 12.7. The van der Waals surface area contributed by atoms with Crippen molar-refractivity contribution in [2.75, 3.05) is 18.6 Å². The Morgan fingerprint density at radius 1 is 0.800 bits per heavy atom. The zero-order chi connectivity index (χ0) is 31.0. The molecule has 0 aliphatic carbocycles. The minimum Gasteiger partial charge on any atom is -0.493 e. The fourth-order valence-electron chi connectivity index (χ4n) is 5.73. The Morgan fingerprint density at radius 3 is 2.09 bits per heavy atom. The first-order valence-corrected chi connectivity index (χ1v) is 16.7. The Hall–Kier alpha value is -3.32. The summed E-state index contributed by atoms with van der Waals surface area (Å²) in [5.41, 5.74) is 4.08. The molecule has 0 aliphatic rings. The first kappa shape index (κ1) is 36.2. The summed E-state index contributed by atoms with van der Waals surface area (Å²) in [7, 11) is 1.67. The first-order valence-electron chi connectivity index (χ1n) is 16.7. The van der Waals surface area contributed by atoms with Crippen LogP contribution in [0.5, 0.6) is 11.5 Å². The number of rotatable bonds is 20. The van der Waals surface area contributed by atoms with Crippen molar-refractivity contribution in [2.45, 2.75) is 104 Å². The fourth-order valence-corrected chi connectivity index (χ4v) is 5.73. The smallest absolute Gasteiger partial charge is 0.224 e. The van der Waals surface area contributed by atoms with Crippen LogP contribution in [0.15, 0.2) is 73.1 Å². The van der Waals surface area contributed by atoms with Crippen molar-refractivity contribution in [3.8, 4) is 11.5 Å². The van der Waals surface area contributed by atoms with Crippen LogP contribution in [-0.4, -0.2) is 29.0 Å². The summed E-state index contributed by atoms with van der Waals surface area (Å²) in [6.07, 6.45) is 20.5. The number of fused-ring (bicyclic) bond motifs is 1. The molecule has 0 atom stereocenters. The molecule has 0 bridgehead atoms. The highest BCUT2D eigenvalue weighted by molar-refractivity contribution is 8.93. The van der Waals surface area contributed by atoms with Gasteiger partial charge in [0.2, 0.25) is 5.91 Å². The van der Waals surface area contributed by atoms with Gasteiger partial charge < -0.3 is 18.8 Å². The highest BCUT2D eigenvalue weighted by Crippen LogP contribution is 2.30. The molecule has 2 heterocycles. The number of ether oxygens (including phenoxy) is 2. The number of nitrogens with zero attached hydrogens (tertiary/aromatic N) is 3. The molecule has 244 valence electrons. The van der Waals surface area contributed by atoms with Crippen molar-refractivity contribution in [1.82, 2.24) is 9.38 Å². The second-order valence-electron chi connectivity index (χ2n) is 11.8. The van der Waals surface area contributed by atoms with Gasteiger partial charge in [-0.2, -0.15) is 0 Å². The molecule has 45 heavy (non-hydrogen) atoms. The van der Waals surface area contributed by atoms with E-state index in [1.807, 2.05) is 54.9 Å². The SMILES string of the molecule is Br.CCCCCCCCCCCCCCOc1ccc(CN(C(C)=O)c2ccc(Cc3ncc4ccccn34)cc2)cc1OC. The van der Waals surface area contributed by atoms with Crippen molar-refractivity contribution in [1.29, 1.82) is 0 Å². The van der Waals surface area contributed by atoms with Crippen LogP contribution in [0, 0.1) is 0 Å². The Kier molecular flexibility index (Phi) is 16.0. The van der Waals surface area contributed by atoms with E-state index in [0.717, 1.165) is 46.7 Å². The van der Waals surface area contributed by atoms with E-state index < -0.39 is 0 Å². The van der Waals surface area contributed by atoms with E-state index in [1.54, 1.807) is 18.9 Å². The lowest BCUT2D eigenvalue weighted by Gasteiger charge is -2.22. The molecule has 4 aromatic rings. The molecule has 1 amide bonds. The summed E-state index contributed by atoms with van der Waals surface area (Å²) in [6, 6.07) is 20.2. The number of pyridine rings is 1. The lowest BCUT2D eigenvalue weighted by molar-refractivity contribution is -0.116. The van der Waals surface area contributed by atoms with Crippen molar-refractivity contribution >= 4 is 34.1 Å². The fraction of sp³-hybridized carbons (Fsp3) is 0.474. The van der Waals surface area contributed by atoms with Gasteiger partial charge in [0, 0.05) is 25.2 Å². The van der Waals surface area contributed by atoms with E-state index in [-0.39, 0.29) is 22.9 Å². The molecule has 6 nitrogen and oxygen atoms in total. The van der Waals surface area contributed by atoms with Crippen LogP contribution in [0.2, 0.25) is 0 Å². The zero-order valence-corrected chi connectivity index (χ0v) is 29.2. The van der Waals surface area contributed by atoms with Gasteiger partial charge in [0.05, 0.1) is 32.0 Å². The van der Waals surface area contributed by atoms with E-state index >= 15 is 0 Å². The summed E-state index contributed by atoms with van der Waals surface area (Å²) in [5, 5.41) is 0. The van der Waals surface area contributed by atoms with E-state index in [4.69, 9.17) is 9.47 Å². The highest BCUT2D eigenvalue weighted by Gasteiger charge is 2.15. The molecule has 2 aromatic heterocycles. The summed E-state index contributed by atoms with van der Waals surface area (Å²) in [6.45, 7) is 5.02. The maximum Gasteiger partial charge on any atom is 0.224 e. The van der Waals surface area contributed by atoms with E-state index in [0.29, 0.717) is 18.9 Å². The normalized spacial score (nSPS) is 10.9. The van der Waals surface area contributed by atoms with Gasteiger partial charge in [-0.05, 0) is 53.9 Å². The maximum absolute atomic E-state index is 12.7. The lowest BCUT2D eigenvalue weighted by Crippen LogP contribution is -2.27. The van der Waals surface area contributed by atoms with Crippen molar-refractivity contribution in [2.24, 2.45) is 0 Å². The average Bonchev–Trinajstić information content (AvgIpc) is 3.45. The van der Waals surface area contributed by atoms with Gasteiger partial charge in [-0.15, -0.1) is 17.0 Å². The molecule has 0 unspecified atom stereocenters. The quantitative estimate of drug-likeness (QED) is 0.0874. The van der Waals surface area contributed by atoms with Crippen molar-refractivity contribution in [3.63, 3.8) is 0 Å². The monoisotopic (exact) mass is 677 g/mol. The predicted octanol–water partition coefficient (Wildman–Crippen LogP) is 10.1. The number of carbonyl (C=O) groups excluding carboxylic acids is 1. The van der Waals surface area contributed by atoms with E-state index in [9.17, 15) is 4.79 Å². The van der Waals surface area contributed by atoms with E-state index in [2.05, 4.69) is 34.5 Å². The third-order valence-electron chi connectivity index (χ3n) is 8.33. The Labute approximate surface area is 280 Å². The molecule has 0 saturated carbocycles. The van der Waals surface area contributed by atoms with Gasteiger partial charge >= 0.3 is 0 Å². The molecule has 2 aromatic carbocycles. The Morgan fingerprint density at radius 2 is 1.44 bits per heavy atom. The number of imidazole rings is 1. The second kappa shape index (κ2) is 19.9. The summed E-state index contributed by atoms with van der Waals surface area (Å²) >= 11 is 0. The van der Waals surface area contributed by atoms with Crippen molar-refractivity contribution in [3.05, 3.63) is 90.0 Å². The summed E-state index contributed by atoms with van der Waals surface area (Å²) < 4.78 is 13.8. The molecule has 0 spiro atoms. The summed E-state index contributed by atoms with van der Waals surface area (Å²) in [4.78, 5) is 19.0. The van der Waals surface area contributed by atoms with Gasteiger partial charge in [-0.3, -0.25) is 4.79 Å². The van der Waals surface area contributed by atoms with Crippen LogP contribution in [0.4, 0.5) is 5.69 Å². The third-order valence-corrected chi connectivity index (χ3v) is 8.33. The van der Waals surface area contributed by atoms with E-state index in [1.165, 1.54) is 70.6 Å². The van der Waals surface area contributed by atoms with Crippen LogP contribution in [0.25, 0.3) is 5.52 Å². The number of carbonyl (C=O) groups is 1. The number of hydrogen-bond acceptors (Lipinski definition) is 4. The standard InChI is InChI=1S/C38H51N3O3.BrH/c1-4-5-6-7-8-9-10-11-12-13-14-17-26-44-36-24-21-33(27-37(36)43-3)30-41(31(2)42)34-22-19-32(20-23-34)28-38-39-29-35-18-15-16-25-40(35)38;/h15-16,18-25,27,29H,4-14,17,26,28,30H2,1-3H3;1H. The second-order valence-corrected chi connectivity index (χ2v) is 11.8. The predicted molar refractivity (Wildman–Crippen MR) is 191 cm³/mol. The van der Waals surface area contributed by atoms with Crippen LogP contribution in [-0.2, 0) is 17.8 Å². The molecular formula is C38H52BrN3O3. The molecule has 4 rings (SSSR count). The van der Waals surface area contributed by atoms with Gasteiger partial charge in [0.25, 0.3) is 0 Å². The molecule has 0 radical (unpaired) electrons. The van der Waals surface area contributed by atoms with Crippen molar-refractivity contribution < 1.29 is 14.3 Å². The Balaban J connectivity index is 0.00000552. The molecule has 0 saturated heterocycles. The van der Waals surface area contributed by atoms with Gasteiger partial charge in [0.15, 0.2) is 11.5 Å². The zero-order valence-electron chi connectivity index (χ0n) is 27.5. The molecule has 0 aliphatic heterocycles. The molecule has 7 heteroatoms. The topological polar surface area (TPSA) is 56.1 Å². The number of aromatic nitrogens is 2. The number of unbranched alkanes of at least 4 members (excludes halogenated alkanes) is 11. The lowest BCUT2D eigenvalue weighted by atomic mass is 10.1. The van der Waals surface area contributed by atoms with Crippen LogP contribution in [0.3, 0.4) is 0 Å². The van der Waals surface area contributed by atoms with Crippen LogP contribution < -0.4 is 14.4 Å². The van der Waals surface area contributed by atoms with Crippen LogP contribution in [0.1, 0.15) is 108 Å². The molecule has 0 N–H and O–H groups in total. The first-order chi connectivity index (χ1) is 21.6. The number of amides is 1. The van der Waals surface area contributed by atoms with Gasteiger partial charge in [0.1, 0.15) is 5.82 Å².